The highest BCUT2D eigenvalue weighted by Gasteiger charge is 2.21. The summed E-state index contributed by atoms with van der Waals surface area (Å²) in [5, 5.41) is 0.986. The lowest BCUT2D eigenvalue weighted by Gasteiger charge is -2.13. The van der Waals surface area contributed by atoms with Gasteiger partial charge in [-0.05, 0) is 31.0 Å². The predicted molar refractivity (Wildman–Crippen MR) is 84.2 cm³/mol. The van der Waals surface area contributed by atoms with E-state index in [4.69, 9.17) is 58.0 Å². The third kappa shape index (κ3) is 2.68. The topological polar surface area (TPSA) is 12.9 Å². The first kappa shape index (κ1) is 15.2. The summed E-state index contributed by atoms with van der Waals surface area (Å²) >= 11 is 30.4. The van der Waals surface area contributed by atoms with Gasteiger partial charge < -0.3 is 0 Å². The average Bonchev–Trinajstić information content (AvgIpc) is 2.38. The van der Waals surface area contributed by atoms with Crippen LogP contribution in [0.4, 0.5) is 0 Å². The molecule has 0 radical (unpaired) electrons. The molecule has 0 amide bonds. The van der Waals surface area contributed by atoms with Gasteiger partial charge in [0.05, 0.1) is 30.8 Å². The number of aromatic nitrogens is 1. The minimum Gasteiger partial charge on any atom is -0.256 e. The first-order chi connectivity index (χ1) is 8.84. The molecule has 0 aliphatic rings. The molecule has 2 aromatic rings. The van der Waals surface area contributed by atoms with Crippen LogP contribution in [0.2, 0.25) is 25.1 Å². The fourth-order valence-corrected chi connectivity index (χ4v) is 2.92. The molecule has 0 saturated carbocycles. The number of hydrogen-bond donors (Lipinski definition) is 0. The fourth-order valence-electron chi connectivity index (χ4n) is 1.59. The number of rotatable bonds is 1. The molecule has 0 N–H and O–H groups in total. The van der Waals surface area contributed by atoms with E-state index in [1.54, 1.807) is 6.20 Å². The van der Waals surface area contributed by atoms with Gasteiger partial charge in [-0.3, -0.25) is 4.98 Å². The van der Waals surface area contributed by atoms with Crippen molar-refractivity contribution in [2.45, 2.75) is 13.8 Å². The third-order valence-electron chi connectivity index (χ3n) is 2.84. The van der Waals surface area contributed by atoms with Gasteiger partial charge in [0.15, 0.2) is 0 Å². The summed E-state index contributed by atoms with van der Waals surface area (Å²) in [5.74, 6) is 0. The summed E-state index contributed by atoms with van der Waals surface area (Å²) in [7, 11) is 0. The molecule has 100 valence electrons. The minimum absolute atomic E-state index is 0.144. The number of pyridine rings is 1. The standard InChI is InChI=1S/C13H8Cl5N/c1-5-3-7(19-4-6(5)2)8-9(14)11(16)13(18)12(17)10(8)15/h3-4H,1-2H3. The zero-order valence-electron chi connectivity index (χ0n) is 9.99. The van der Waals surface area contributed by atoms with Crippen molar-refractivity contribution in [2.75, 3.05) is 0 Å². The third-order valence-corrected chi connectivity index (χ3v) is 5.12. The van der Waals surface area contributed by atoms with Crippen molar-refractivity contribution >= 4 is 58.0 Å². The molecular weight excluding hydrogens is 347 g/mol. The van der Waals surface area contributed by atoms with Gasteiger partial charge in [-0.2, -0.15) is 0 Å². The second-order valence-corrected chi connectivity index (χ2v) is 5.99. The van der Waals surface area contributed by atoms with E-state index in [2.05, 4.69) is 4.98 Å². The summed E-state index contributed by atoms with van der Waals surface area (Å²) < 4.78 is 0. The van der Waals surface area contributed by atoms with Crippen LogP contribution in [-0.4, -0.2) is 4.98 Å². The molecule has 19 heavy (non-hydrogen) atoms. The number of hydrogen-bond acceptors (Lipinski definition) is 1. The molecule has 6 heteroatoms. The number of benzene rings is 1. The smallest absolute Gasteiger partial charge is 0.0809 e. The van der Waals surface area contributed by atoms with Crippen molar-refractivity contribution in [1.82, 2.24) is 4.98 Å². The second-order valence-electron chi connectivity index (χ2n) is 4.10. The Labute approximate surface area is 136 Å². The fraction of sp³-hybridized carbons (Fsp3) is 0.154. The molecule has 0 fully saturated rings. The minimum atomic E-state index is 0.144. The molecule has 0 aliphatic carbocycles. The van der Waals surface area contributed by atoms with E-state index in [1.807, 2.05) is 19.9 Å². The lowest BCUT2D eigenvalue weighted by molar-refractivity contribution is 1.22. The Bertz CT molecular complexity index is 638. The molecule has 0 aliphatic heterocycles. The maximum Gasteiger partial charge on any atom is 0.0809 e. The Kier molecular flexibility index (Phi) is 4.54. The molecule has 0 saturated heterocycles. The van der Waals surface area contributed by atoms with Gasteiger partial charge in [-0.25, -0.2) is 0 Å². The highest BCUT2D eigenvalue weighted by atomic mass is 35.5. The molecule has 1 aromatic carbocycles. The van der Waals surface area contributed by atoms with E-state index >= 15 is 0 Å². The summed E-state index contributed by atoms with van der Waals surface area (Å²) in [6, 6.07) is 1.88. The van der Waals surface area contributed by atoms with Crippen molar-refractivity contribution in [3.05, 3.63) is 48.5 Å². The van der Waals surface area contributed by atoms with Crippen molar-refractivity contribution in [3.8, 4) is 11.3 Å². The SMILES string of the molecule is Cc1cnc(-c2c(Cl)c(Cl)c(Cl)c(Cl)c2Cl)cc1C. The van der Waals surface area contributed by atoms with E-state index in [9.17, 15) is 0 Å². The molecule has 1 aromatic heterocycles. The quantitative estimate of drug-likeness (QED) is 0.413. The largest absolute Gasteiger partial charge is 0.256 e. The molecule has 0 atom stereocenters. The Morgan fingerprint density at radius 2 is 1.21 bits per heavy atom. The van der Waals surface area contributed by atoms with E-state index in [0.29, 0.717) is 11.3 Å². The number of aryl methyl sites for hydroxylation is 2. The number of halogens is 5. The Balaban J connectivity index is 2.79. The summed E-state index contributed by atoms with van der Waals surface area (Å²) in [4.78, 5) is 4.31. The van der Waals surface area contributed by atoms with E-state index in [0.717, 1.165) is 11.1 Å². The average molecular weight is 355 g/mol. The normalized spacial score (nSPS) is 10.9. The van der Waals surface area contributed by atoms with E-state index < -0.39 is 0 Å². The molecule has 1 nitrogen and oxygen atoms in total. The van der Waals surface area contributed by atoms with Crippen LogP contribution in [-0.2, 0) is 0 Å². The second kappa shape index (κ2) is 5.67. The lowest BCUT2D eigenvalue weighted by atomic mass is 10.1. The maximum atomic E-state index is 6.20. The van der Waals surface area contributed by atoms with Gasteiger partial charge in [-0.15, -0.1) is 0 Å². The van der Waals surface area contributed by atoms with E-state index in [-0.39, 0.29) is 25.1 Å². The van der Waals surface area contributed by atoms with Gasteiger partial charge in [-0.1, -0.05) is 58.0 Å². The lowest BCUT2D eigenvalue weighted by Crippen LogP contribution is -1.92. The first-order valence-electron chi connectivity index (χ1n) is 5.29. The number of nitrogens with zero attached hydrogens (tertiary/aromatic N) is 1. The Morgan fingerprint density at radius 1 is 0.737 bits per heavy atom. The van der Waals surface area contributed by atoms with Crippen LogP contribution in [0.15, 0.2) is 12.3 Å². The van der Waals surface area contributed by atoms with Crippen LogP contribution >= 0.6 is 58.0 Å². The van der Waals surface area contributed by atoms with Crippen LogP contribution in [0.25, 0.3) is 11.3 Å². The monoisotopic (exact) mass is 353 g/mol. The molecule has 1 heterocycles. The molecule has 0 unspecified atom stereocenters. The van der Waals surface area contributed by atoms with Crippen molar-refractivity contribution < 1.29 is 0 Å². The first-order valence-corrected chi connectivity index (χ1v) is 7.18. The van der Waals surface area contributed by atoms with Crippen LogP contribution in [0, 0.1) is 13.8 Å². The summed E-state index contributed by atoms with van der Waals surface area (Å²) in [5.41, 5.74) is 3.24. The summed E-state index contributed by atoms with van der Waals surface area (Å²) in [6.07, 6.45) is 1.74. The van der Waals surface area contributed by atoms with Gasteiger partial charge in [0.2, 0.25) is 0 Å². The highest BCUT2D eigenvalue weighted by Crippen LogP contribution is 2.47. The predicted octanol–water partition coefficient (Wildman–Crippen LogP) is 6.63. The van der Waals surface area contributed by atoms with Gasteiger partial charge in [0.25, 0.3) is 0 Å². The Hall–Kier alpha value is -0.180. The van der Waals surface area contributed by atoms with Crippen LogP contribution < -0.4 is 0 Å². The van der Waals surface area contributed by atoms with Gasteiger partial charge >= 0.3 is 0 Å². The zero-order chi connectivity index (χ0) is 14.3. The van der Waals surface area contributed by atoms with Crippen molar-refractivity contribution in [1.29, 1.82) is 0 Å². The molecular formula is C13H8Cl5N. The van der Waals surface area contributed by atoms with E-state index in [1.165, 1.54) is 0 Å². The van der Waals surface area contributed by atoms with Gasteiger partial charge in [0, 0.05) is 11.8 Å². The van der Waals surface area contributed by atoms with Crippen LogP contribution in [0.1, 0.15) is 11.1 Å². The highest BCUT2D eigenvalue weighted by molar-refractivity contribution is 6.56. The molecule has 0 spiro atoms. The summed E-state index contributed by atoms with van der Waals surface area (Å²) in [6.45, 7) is 3.94. The Morgan fingerprint density at radius 3 is 1.68 bits per heavy atom. The maximum absolute atomic E-state index is 6.20. The van der Waals surface area contributed by atoms with Crippen LogP contribution in [0.3, 0.4) is 0 Å². The molecule has 2 rings (SSSR count). The van der Waals surface area contributed by atoms with Crippen LogP contribution in [0.5, 0.6) is 0 Å². The van der Waals surface area contributed by atoms with Crippen molar-refractivity contribution in [3.63, 3.8) is 0 Å². The zero-order valence-corrected chi connectivity index (χ0v) is 13.8. The van der Waals surface area contributed by atoms with Gasteiger partial charge in [0.1, 0.15) is 0 Å². The molecule has 0 bridgehead atoms. The van der Waals surface area contributed by atoms with Crippen molar-refractivity contribution in [2.24, 2.45) is 0 Å².